The number of hydrogen-bond acceptors (Lipinski definition) is 3. The molecular weight excluding hydrogens is 302 g/mol. The molecule has 0 saturated carbocycles. The van der Waals surface area contributed by atoms with Crippen LogP contribution in [0.5, 0.6) is 5.75 Å². The number of urea groups is 1. The normalized spacial score (nSPS) is 17.4. The molecule has 2 heterocycles. The number of piperidine rings is 1. The molecule has 3 rings (SSSR count). The zero-order valence-electron chi connectivity index (χ0n) is 13.9. The van der Waals surface area contributed by atoms with Crippen molar-refractivity contribution < 1.29 is 9.53 Å². The van der Waals surface area contributed by atoms with Crippen molar-refractivity contribution in [3.05, 3.63) is 54.4 Å². The lowest BCUT2D eigenvalue weighted by Gasteiger charge is -2.36. The molecule has 2 aromatic rings. The SMILES string of the molecule is COc1ccc(CC2CCCCN2C(=O)Nc2ccncc2)cc1. The maximum atomic E-state index is 12.6. The summed E-state index contributed by atoms with van der Waals surface area (Å²) in [6, 6.07) is 11.9. The lowest BCUT2D eigenvalue weighted by Crippen LogP contribution is -2.46. The van der Waals surface area contributed by atoms with Gasteiger partial charge in [-0.3, -0.25) is 4.98 Å². The van der Waals surface area contributed by atoms with Crippen LogP contribution >= 0.6 is 0 Å². The van der Waals surface area contributed by atoms with E-state index in [4.69, 9.17) is 4.74 Å². The molecule has 0 aliphatic carbocycles. The molecule has 1 aromatic heterocycles. The Hall–Kier alpha value is -2.56. The Labute approximate surface area is 142 Å². The molecule has 1 unspecified atom stereocenters. The first-order chi connectivity index (χ1) is 11.8. The Morgan fingerprint density at radius 3 is 2.67 bits per heavy atom. The predicted molar refractivity (Wildman–Crippen MR) is 94.3 cm³/mol. The number of anilines is 1. The van der Waals surface area contributed by atoms with Gasteiger partial charge in [0.1, 0.15) is 5.75 Å². The van der Waals surface area contributed by atoms with Crippen molar-refractivity contribution in [1.29, 1.82) is 0 Å². The van der Waals surface area contributed by atoms with Gasteiger partial charge in [0.15, 0.2) is 0 Å². The fourth-order valence-electron chi connectivity index (χ4n) is 3.14. The number of nitrogens with one attached hydrogen (secondary N) is 1. The minimum absolute atomic E-state index is 0.0283. The third kappa shape index (κ3) is 4.04. The van der Waals surface area contributed by atoms with E-state index in [0.717, 1.165) is 37.2 Å². The molecule has 5 nitrogen and oxygen atoms in total. The fourth-order valence-corrected chi connectivity index (χ4v) is 3.14. The van der Waals surface area contributed by atoms with E-state index < -0.39 is 0 Å². The third-order valence-electron chi connectivity index (χ3n) is 4.45. The van der Waals surface area contributed by atoms with Crippen LogP contribution in [0.15, 0.2) is 48.8 Å². The molecule has 1 aromatic carbocycles. The van der Waals surface area contributed by atoms with Gasteiger partial charge in [-0.2, -0.15) is 0 Å². The molecule has 1 N–H and O–H groups in total. The Morgan fingerprint density at radius 1 is 1.21 bits per heavy atom. The van der Waals surface area contributed by atoms with Gasteiger partial charge in [0.25, 0.3) is 0 Å². The van der Waals surface area contributed by atoms with Crippen LogP contribution in [-0.4, -0.2) is 35.6 Å². The lowest BCUT2D eigenvalue weighted by molar-refractivity contribution is 0.162. The van der Waals surface area contributed by atoms with E-state index in [1.54, 1.807) is 31.6 Å². The maximum Gasteiger partial charge on any atom is 0.322 e. The molecule has 126 valence electrons. The molecule has 0 bridgehead atoms. The smallest absolute Gasteiger partial charge is 0.322 e. The second-order valence-electron chi connectivity index (χ2n) is 6.06. The van der Waals surface area contributed by atoms with Crippen LogP contribution in [0.1, 0.15) is 24.8 Å². The van der Waals surface area contributed by atoms with E-state index in [9.17, 15) is 4.79 Å². The number of carbonyl (C=O) groups is 1. The van der Waals surface area contributed by atoms with Crippen LogP contribution in [-0.2, 0) is 6.42 Å². The number of amides is 2. The van der Waals surface area contributed by atoms with Gasteiger partial charge in [-0.05, 0) is 55.5 Å². The molecule has 24 heavy (non-hydrogen) atoms. The highest BCUT2D eigenvalue weighted by molar-refractivity contribution is 5.89. The van der Waals surface area contributed by atoms with E-state index in [0.29, 0.717) is 0 Å². The molecule has 5 heteroatoms. The molecule has 0 radical (unpaired) electrons. The number of pyridine rings is 1. The van der Waals surface area contributed by atoms with Crippen LogP contribution in [0.3, 0.4) is 0 Å². The number of aromatic nitrogens is 1. The van der Waals surface area contributed by atoms with E-state index in [1.807, 2.05) is 17.0 Å². The van der Waals surface area contributed by atoms with Crippen molar-refractivity contribution in [3.63, 3.8) is 0 Å². The average molecular weight is 325 g/mol. The highest BCUT2D eigenvalue weighted by Gasteiger charge is 2.26. The molecule has 1 saturated heterocycles. The maximum absolute atomic E-state index is 12.6. The second kappa shape index (κ2) is 7.81. The zero-order valence-corrected chi connectivity index (χ0v) is 13.9. The number of methoxy groups -OCH3 is 1. The number of hydrogen-bond donors (Lipinski definition) is 1. The van der Waals surface area contributed by atoms with E-state index in [1.165, 1.54) is 12.0 Å². The molecule has 1 aliphatic heterocycles. The molecular formula is C19H23N3O2. The number of likely N-dealkylation sites (tertiary alicyclic amines) is 1. The molecule has 2 amide bonds. The second-order valence-corrected chi connectivity index (χ2v) is 6.06. The predicted octanol–water partition coefficient (Wildman–Crippen LogP) is 3.72. The van der Waals surface area contributed by atoms with Crippen LogP contribution in [0, 0.1) is 0 Å². The summed E-state index contributed by atoms with van der Waals surface area (Å²) in [6.07, 6.45) is 7.49. The van der Waals surface area contributed by atoms with Crippen molar-refractivity contribution in [3.8, 4) is 5.75 Å². The van der Waals surface area contributed by atoms with Crippen molar-refractivity contribution in [1.82, 2.24) is 9.88 Å². The van der Waals surface area contributed by atoms with Gasteiger partial charge in [-0.15, -0.1) is 0 Å². The Balaban J connectivity index is 1.67. The summed E-state index contributed by atoms with van der Waals surface area (Å²) >= 11 is 0. The van der Waals surface area contributed by atoms with Crippen molar-refractivity contribution in [2.45, 2.75) is 31.7 Å². The minimum Gasteiger partial charge on any atom is -0.497 e. The van der Waals surface area contributed by atoms with Crippen LogP contribution in [0.4, 0.5) is 10.5 Å². The summed E-state index contributed by atoms with van der Waals surface area (Å²) in [5, 5.41) is 2.97. The highest BCUT2D eigenvalue weighted by Crippen LogP contribution is 2.23. The van der Waals surface area contributed by atoms with Gasteiger partial charge >= 0.3 is 6.03 Å². The summed E-state index contributed by atoms with van der Waals surface area (Å²) in [5.74, 6) is 0.856. The minimum atomic E-state index is -0.0283. The fraction of sp³-hybridized carbons (Fsp3) is 0.368. The Morgan fingerprint density at radius 2 is 1.96 bits per heavy atom. The van der Waals surface area contributed by atoms with E-state index >= 15 is 0 Å². The van der Waals surface area contributed by atoms with Gasteiger partial charge in [-0.25, -0.2) is 4.79 Å². The first-order valence-corrected chi connectivity index (χ1v) is 8.37. The van der Waals surface area contributed by atoms with Gasteiger partial charge in [0, 0.05) is 30.7 Å². The third-order valence-corrected chi connectivity index (χ3v) is 4.45. The van der Waals surface area contributed by atoms with Gasteiger partial charge < -0.3 is 15.0 Å². The largest absolute Gasteiger partial charge is 0.497 e. The van der Waals surface area contributed by atoms with Crippen LogP contribution < -0.4 is 10.1 Å². The number of rotatable bonds is 4. The number of nitrogens with zero attached hydrogens (tertiary/aromatic N) is 2. The summed E-state index contributed by atoms with van der Waals surface area (Å²) in [6.45, 7) is 0.803. The monoisotopic (exact) mass is 325 g/mol. The molecule has 0 spiro atoms. The Bertz CT molecular complexity index is 658. The number of carbonyl (C=O) groups excluding carboxylic acids is 1. The van der Waals surface area contributed by atoms with Gasteiger partial charge in [0.05, 0.1) is 7.11 Å². The van der Waals surface area contributed by atoms with Gasteiger partial charge in [-0.1, -0.05) is 12.1 Å². The highest BCUT2D eigenvalue weighted by atomic mass is 16.5. The quantitative estimate of drug-likeness (QED) is 0.932. The van der Waals surface area contributed by atoms with Crippen LogP contribution in [0.25, 0.3) is 0 Å². The van der Waals surface area contributed by atoms with E-state index in [-0.39, 0.29) is 12.1 Å². The lowest BCUT2D eigenvalue weighted by atomic mass is 9.96. The summed E-state index contributed by atoms with van der Waals surface area (Å²) in [7, 11) is 1.67. The molecule has 1 atom stereocenters. The van der Waals surface area contributed by atoms with Crippen molar-refractivity contribution in [2.75, 3.05) is 19.0 Å². The summed E-state index contributed by atoms with van der Waals surface area (Å²) in [4.78, 5) is 18.6. The molecule has 1 aliphatic rings. The Kier molecular flexibility index (Phi) is 5.31. The number of ether oxygens (including phenoxy) is 1. The standard InChI is InChI=1S/C19H23N3O2/c1-24-18-7-5-15(6-8-18)14-17-4-2-3-13-22(17)19(23)21-16-9-11-20-12-10-16/h5-12,17H,2-4,13-14H2,1H3,(H,20,21,23). The first kappa shape index (κ1) is 16.3. The summed E-state index contributed by atoms with van der Waals surface area (Å²) < 4.78 is 5.21. The summed E-state index contributed by atoms with van der Waals surface area (Å²) in [5.41, 5.74) is 2.01. The number of benzene rings is 1. The molecule has 1 fully saturated rings. The van der Waals surface area contributed by atoms with E-state index in [2.05, 4.69) is 22.4 Å². The average Bonchev–Trinajstić information content (AvgIpc) is 2.63. The first-order valence-electron chi connectivity index (χ1n) is 8.37. The van der Waals surface area contributed by atoms with Gasteiger partial charge in [0.2, 0.25) is 0 Å². The zero-order chi connectivity index (χ0) is 16.8. The van der Waals surface area contributed by atoms with Crippen molar-refractivity contribution >= 4 is 11.7 Å². The topological polar surface area (TPSA) is 54.5 Å². The van der Waals surface area contributed by atoms with Crippen LogP contribution in [0.2, 0.25) is 0 Å². The van der Waals surface area contributed by atoms with Crippen molar-refractivity contribution in [2.24, 2.45) is 0 Å².